The summed E-state index contributed by atoms with van der Waals surface area (Å²) in [6.45, 7) is 6.98. The highest BCUT2D eigenvalue weighted by atomic mass is 79.9. The van der Waals surface area contributed by atoms with E-state index in [4.69, 9.17) is 0 Å². The number of pyridine rings is 2. The molecule has 0 N–H and O–H groups in total. The van der Waals surface area contributed by atoms with Gasteiger partial charge >= 0.3 is 0 Å². The van der Waals surface area contributed by atoms with Gasteiger partial charge in [-0.05, 0) is 106 Å². The van der Waals surface area contributed by atoms with E-state index in [-0.39, 0.29) is 5.41 Å². The van der Waals surface area contributed by atoms with Crippen LogP contribution in [0.25, 0.3) is 0 Å². The summed E-state index contributed by atoms with van der Waals surface area (Å²) in [5.74, 6) is 1.15. The minimum absolute atomic E-state index is 0.319. The summed E-state index contributed by atoms with van der Waals surface area (Å²) >= 11 is 6.90. The van der Waals surface area contributed by atoms with E-state index < -0.39 is 5.41 Å². The lowest BCUT2D eigenvalue weighted by molar-refractivity contribution is 0.130. The number of piperidine rings is 1. The van der Waals surface area contributed by atoms with Gasteiger partial charge in [0.25, 0.3) is 0 Å². The number of hydrogen-bond donors (Lipinski definition) is 0. The molecule has 6 atom stereocenters. The van der Waals surface area contributed by atoms with Gasteiger partial charge in [0.05, 0.1) is 23.0 Å². The van der Waals surface area contributed by atoms with E-state index in [9.17, 15) is 10.5 Å². The van der Waals surface area contributed by atoms with E-state index in [1.54, 1.807) is 12.4 Å². The lowest BCUT2D eigenvalue weighted by Gasteiger charge is -2.43. The van der Waals surface area contributed by atoms with Gasteiger partial charge in [0, 0.05) is 52.4 Å². The maximum Gasteiger partial charge on any atom is 0.0873 e. The summed E-state index contributed by atoms with van der Waals surface area (Å²) in [5, 5.41) is 19.5. The zero-order valence-corrected chi connectivity index (χ0v) is 24.7. The van der Waals surface area contributed by atoms with Crippen molar-refractivity contribution in [3.63, 3.8) is 0 Å². The van der Waals surface area contributed by atoms with Gasteiger partial charge < -0.3 is 0 Å². The average Bonchev–Trinajstić information content (AvgIpc) is 3.36. The molecule has 7 heteroatoms. The molecule has 1 saturated carbocycles. The zero-order chi connectivity index (χ0) is 26.9. The van der Waals surface area contributed by atoms with Crippen molar-refractivity contribution in [1.29, 1.82) is 10.5 Å². The summed E-state index contributed by atoms with van der Waals surface area (Å²) in [6, 6.07) is 9.86. The van der Waals surface area contributed by atoms with E-state index in [1.165, 1.54) is 12.0 Å². The number of nitrogens with zero attached hydrogens (tertiary/aromatic N) is 5. The van der Waals surface area contributed by atoms with E-state index in [2.05, 4.69) is 96.7 Å². The molecule has 6 rings (SSSR count). The van der Waals surface area contributed by atoms with Crippen LogP contribution in [0.3, 0.4) is 0 Å². The fourth-order valence-corrected chi connectivity index (χ4v) is 7.44. The minimum atomic E-state index is -0.443. The molecule has 2 aliphatic heterocycles. The lowest BCUT2D eigenvalue weighted by atomic mass is 9.66. The van der Waals surface area contributed by atoms with Gasteiger partial charge in [-0.2, -0.15) is 10.5 Å². The predicted octanol–water partition coefficient (Wildman–Crippen LogP) is 7.18. The topological polar surface area (TPSA) is 76.6 Å². The number of aromatic nitrogens is 2. The SMILES string of the molecule is C=C(C)CN1[C@@H]2C=C[C@H]1CC(C#N)(c1cncc(Br)c1)C2.N#CC1(c2cncc(Br)c2)C[C@@H]2C=C[C@@H](C2)C1. The van der Waals surface area contributed by atoms with Gasteiger partial charge in [0.2, 0.25) is 0 Å². The molecule has 4 heterocycles. The first kappa shape index (κ1) is 27.0. The van der Waals surface area contributed by atoms with Crippen molar-refractivity contribution in [2.24, 2.45) is 11.8 Å². The fourth-order valence-electron chi connectivity index (χ4n) is 6.71. The molecule has 2 aromatic rings. The summed E-state index contributed by atoms with van der Waals surface area (Å²) in [6.07, 6.45) is 21.0. The molecule has 2 unspecified atom stereocenters. The monoisotopic (exact) mass is 631 g/mol. The van der Waals surface area contributed by atoms with Crippen LogP contribution in [0.15, 0.2) is 82.3 Å². The molecule has 1 saturated heterocycles. The molecule has 0 spiro atoms. The molecule has 0 radical (unpaired) electrons. The standard InChI is InChI=1S/C17H18BrN3.C14H13BrN2/c1-12(2)10-21-15-3-4-16(21)7-17(6-15,11-19)13-5-14(18)9-20-8-13;15-13-4-12(7-17-8-13)14(9-16)5-10-1-2-11(3-10)6-14/h3-5,8-9,15-16H,1,6-7,10H2,2H3;1-2,4,7-8,10-11H,3,5-6H2/t15-,16+,17?;10-,11+,14?. The van der Waals surface area contributed by atoms with Crippen molar-refractivity contribution < 1.29 is 0 Å². The Kier molecular flexibility index (Phi) is 7.74. The van der Waals surface area contributed by atoms with Gasteiger partial charge in [0.15, 0.2) is 0 Å². The third-order valence-corrected chi connectivity index (χ3v) is 9.27. The molecule has 2 aliphatic carbocycles. The first-order valence-corrected chi connectivity index (χ1v) is 14.7. The van der Waals surface area contributed by atoms with Crippen LogP contribution in [0.5, 0.6) is 0 Å². The van der Waals surface area contributed by atoms with Crippen LogP contribution in [0.2, 0.25) is 0 Å². The highest BCUT2D eigenvalue weighted by Gasteiger charge is 2.47. The van der Waals surface area contributed by atoms with Gasteiger partial charge in [0.1, 0.15) is 0 Å². The van der Waals surface area contributed by atoms with Crippen molar-refractivity contribution in [3.8, 4) is 12.1 Å². The second kappa shape index (κ2) is 10.9. The Bertz CT molecular complexity index is 1340. The van der Waals surface area contributed by atoms with Crippen molar-refractivity contribution in [2.45, 2.75) is 61.9 Å². The van der Waals surface area contributed by atoms with E-state index in [1.807, 2.05) is 24.5 Å². The van der Waals surface area contributed by atoms with Crippen molar-refractivity contribution in [2.75, 3.05) is 6.54 Å². The Morgan fingerprint density at radius 1 is 0.868 bits per heavy atom. The maximum absolute atomic E-state index is 9.86. The van der Waals surface area contributed by atoms with Crippen LogP contribution in [0.1, 0.15) is 50.2 Å². The molecule has 5 nitrogen and oxygen atoms in total. The first-order chi connectivity index (χ1) is 18.3. The molecular weight excluding hydrogens is 602 g/mol. The van der Waals surface area contributed by atoms with Crippen LogP contribution in [-0.2, 0) is 10.8 Å². The largest absolute Gasteiger partial charge is 0.287 e. The van der Waals surface area contributed by atoms with Crippen molar-refractivity contribution in [1.82, 2.24) is 14.9 Å². The normalized spacial score (nSPS) is 32.7. The molecule has 194 valence electrons. The molecule has 38 heavy (non-hydrogen) atoms. The van der Waals surface area contributed by atoms with E-state index in [0.29, 0.717) is 23.9 Å². The lowest BCUT2D eigenvalue weighted by Crippen LogP contribution is -2.50. The van der Waals surface area contributed by atoms with Crippen LogP contribution in [-0.4, -0.2) is 33.5 Å². The van der Waals surface area contributed by atoms with Crippen molar-refractivity contribution in [3.05, 3.63) is 93.4 Å². The first-order valence-electron chi connectivity index (χ1n) is 13.1. The van der Waals surface area contributed by atoms with E-state index in [0.717, 1.165) is 52.3 Å². The highest BCUT2D eigenvalue weighted by Crippen LogP contribution is 2.48. The van der Waals surface area contributed by atoms with Crippen LogP contribution < -0.4 is 0 Å². The van der Waals surface area contributed by atoms with Gasteiger partial charge in [-0.1, -0.05) is 36.5 Å². The van der Waals surface area contributed by atoms with Crippen LogP contribution in [0.4, 0.5) is 0 Å². The predicted molar refractivity (Wildman–Crippen MR) is 156 cm³/mol. The number of rotatable bonds is 4. The molecule has 0 amide bonds. The molecule has 2 fully saturated rings. The third-order valence-electron chi connectivity index (χ3n) is 8.40. The number of nitriles is 2. The maximum atomic E-state index is 9.86. The fraction of sp³-hybridized carbons (Fsp3) is 0.419. The van der Waals surface area contributed by atoms with Crippen LogP contribution >= 0.6 is 31.9 Å². The number of hydrogen-bond acceptors (Lipinski definition) is 5. The molecule has 4 bridgehead atoms. The molecular formula is C31H31Br2N5. The van der Waals surface area contributed by atoms with Crippen LogP contribution in [0, 0.1) is 34.5 Å². The summed E-state index contributed by atoms with van der Waals surface area (Å²) in [5.41, 5.74) is 2.47. The van der Waals surface area contributed by atoms with Crippen molar-refractivity contribution >= 4 is 31.9 Å². The highest BCUT2D eigenvalue weighted by molar-refractivity contribution is 9.10. The molecule has 0 aromatic carbocycles. The summed E-state index contributed by atoms with van der Waals surface area (Å²) < 4.78 is 1.88. The van der Waals surface area contributed by atoms with Gasteiger partial charge in [-0.15, -0.1) is 0 Å². The second-order valence-corrected chi connectivity index (χ2v) is 13.1. The minimum Gasteiger partial charge on any atom is -0.287 e. The summed E-state index contributed by atoms with van der Waals surface area (Å²) in [4.78, 5) is 10.9. The Balaban J connectivity index is 0.000000158. The summed E-state index contributed by atoms with van der Waals surface area (Å²) in [7, 11) is 0. The third kappa shape index (κ3) is 5.30. The zero-order valence-electron chi connectivity index (χ0n) is 21.5. The Hall–Kier alpha value is -2.58. The smallest absolute Gasteiger partial charge is 0.0873 e. The number of fused-ring (bicyclic) bond motifs is 4. The Labute approximate surface area is 242 Å². The second-order valence-electron chi connectivity index (χ2n) is 11.3. The molecule has 2 aromatic heterocycles. The quantitative estimate of drug-likeness (QED) is 0.334. The molecule has 4 aliphatic rings. The van der Waals surface area contributed by atoms with Gasteiger partial charge in [-0.25, -0.2) is 0 Å². The van der Waals surface area contributed by atoms with Gasteiger partial charge in [-0.3, -0.25) is 14.9 Å². The number of allylic oxidation sites excluding steroid dienone is 2. The Morgan fingerprint density at radius 3 is 1.76 bits per heavy atom. The number of halogens is 2. The van der Waals surface area contributed by atoms with E-state index >= 15 is 0 Å². The Morgan fingerprint density at radius 2 is 1.34 bits per heavy atom. The average molecular weight is 633 g/mol.